The van der Waals surface area contributed by atoms with Gasteiger partial charge in [-0.3, -0.25) is 0 Å². The Kier molecular flexibility index (Phi) is 5.29. The van der Waals surface area contributed by atoms with Crippen molar-refractivity contribution in [3.63, 3.8) is 0 Å². The van der Waals surface area contributed by atoms with Crippen LogP contribution in [-0.2, 0) is 9.63 Å². The first-order chi connectivity index (χ1) is 5.20. The Morgan fingerprint density at radius 3 is 2.73 bits per heavy atom. The predicted molar refractivity (Wildman–Crippen MR) is 43.2 cm³/mol. The lowest BCUT2D eigenvalue weighted by atomic mass is 10.2. The van der Waals surface area contributed by atoms with Crippen molar-refractivity contribution in [1.82, 2.24) is 0 Å². The minimum absolute atomic E-state index is 0.175. The fourth-order valence-electron chi connectivity index (χ4n) is 0.652. The van der Waals surface area contributed by atoms with Gasteiger partial charge in [0.25, 0.3) is 0 Å². The molecule has 0 spiro atoms. The molecule has 3 heteroatoms. The minimum Gasteiger partial charge on any atom is -0.450 e. The van der Waals surface area contributed by atoms with Crippen LogP contribution in [0.2, 0.25) is 0 Å². The van der Waals surface area contributed by atoms with Crippen LogP contribution in [0.15, 0.2) is 11.8 Å². The molecule has 0 aromatic rings. The number of hydrogen-bond donors (Lipinski definition) is 1. The fraction of sp³-hybridized carbons (Fsp3) is 0.500. The van der Waals surface area contributed by atoms with E-state index < -0.39 is 0 Å². The molecule has 0 atom stereocenters. The van der Waals surface area contributed by atoms with Crippen molar-refractivity contribution < 1.29 is 9.63 Å². The summed E-state index contributed by atoms with van der Waals surface area (Å²) >= 11 is 0. The number of carbonyl (C=O) groups is 1. The number of hydrogen-bond acceptors (Lipinski definition) is 3. The van der Waals surface area contributed by atoms with Gasteiger partial charge in [0.1, 0.15) is 5.78 Å². The second-order valence-electron chi connectivity index (χ2n) is 2.25. The molecule has 64 valence electrons. The first-order valence-electron chi connectivity index (χ1n) is 3.56. The number of carbonyl (C=O) groups excluding carboxylic acids is 1. The topological polar surface area (TPSA) is 52.3 Å². The zero-order chi connectivity index (χ0) is 8.69. The van der Waals surface area contributed by atoms with E-state index in [2.05, 4.69) is 4.84 Å². The van der Waals surface area contributed by atoms with Crippen LogP contribution in [0.25, 0.3) is 0 Å². The maximum absolute atomic E-state index is 10.5. The molecular weight excluding hydrogens is 142 g/mol. The lowest BCUT2D eigenvalue weighted by Gasteiger charge is -2.11. The van der Waals surface area contributed by atoms with Gasteiger partial charge in [0.15, 0.2) is 0 Å². The zero-order valence-corrected chi connectivity index (χ0v) is 6.96. The van der Waals surface area contributed by atoms with E-state index in [1.807, 2.05) is 6.92 Å². The molecule has 0 bridgehead atoms. The van der Waals surface area contributed by atoms with Crippen LogP contribution in [0.3, 0.4) is 0 Å². The van der Waals surface area contributed by atoms with E-state index in [4.69, 9.17) is 5.90 Å². The quantitative estimate of drug-likeness (QED) is 0.371. The number of rotatable bonds is 5. The first-order valence-corrected chi connectivity index (χ1v) is 3.56. The van der Waals surface area contributed by atoms with Gasteiger partial charge in [0.05, 0.1) is 0 Å². The summed E-state index contributed by atoms with van der Waals surface area (Å²) in [5.41, 5.74) is 0. The second-order valence-corrected chi connectivity index (χ2v) is 2.25. The van der Waals surface area contributed by atoms with Gasteiger partial charge in [-0.1, -0.05) is 6.42 Å². The van der Waals surface area contributed by atoms with Crippen molar-refractivity contribution in [3.05, 3.63) is 18.3 Å². The van der Waals surface area contributed by atoms with Crippen molar-refractivity contribution in [2.45, 2.75) is 26.7 Å². The molecule has 0 aromatic heterocycles. The summed E-state index contributed by atoms with van der Waals surface area (Å²) in [4.78, 5) is 15.0. The zero-order valence-electron chi connectivity index (χ0n) is 6.96. The molecule has 0 unspecified atom stereocenters. The van der Waals surface area contributed by atoms with Crippen LogP contribution >= 0.6 is 0 Å². The first kappa shape index (κ1) is 10.0. The van der Waals surface area contributed by atoms with Crippen LogP contribution in [0.4, 0.5) is 0 Å². The molecule has 0 aliphatic carbocycles. The van der Waals surface area contributed by atoms with E-state index in [1.54, 1.807) is 19.4 Å². The van der Waals surface area contributed by atoms with E-state index in [9.17, 15) is 4.79 Å². The largest absolute Gasteiger partial charge is 0.450 e. The molecule has 0 heterocycles. The van der Waals surface area contributed by atoms with Crippen LogP contribution in [0, 0.1) is 6.42 Å². The summed E-state index contributed by atoms with van der Waals surface area (Å²) in [6, 6.07) is 0. The molecule has 0 aromatic carbocycles. The maximum atomic E-state index is 10.5. The normalized spacial score (nSPS) is 11.0. The van der Waals surface area contributed by atoms with Gasteiger partial charge in [-0.05, 0) is 19.1 Å². The number of Topliss-reactive ketones (excluding diaryl/α,β-unsaturated/α-hetero) is 1. The Balaban J connectivity index is 3.45. The van der Waals surface area contributed by atoms with E-state index in [0.29, 0.717) is 18.6 Å². The Morgan fingerprint density at radius 1 is 1.73 bits per heavy atom. The number of allylic oxidation sites excluding steroid dienone is 2. The van der Waals surface area contributed by atoms with Gasteiger partial charge >= 0.3 is 0 Å². The smallest absolute Gasteiger partial charge is 0.128 e. The molecule has 0 saturated heterocycles. The van der Waals surface area contributed by atoms with Crippen LogP contribution in [-0.4, -0.2) is 5.78 Å². The van der Waals surface area contributed by atoms with Crippen molar-refractivity contribution >= 4 is 5.78 Å². The molecule has 2 N–H and O–H groups in total. The summed E-state index contributed by atoms with van der Waals surface area (Å²) in [5, 5.41) is 0. The van der Waals surface area contributed by atoms with Crippen molar-refractivity contribution in [3.8, 4) is 0 Å². The highest BCUT2D eigenvalue weighted by molar-refractivity contribution is 5.75. The SMILES string of the molecule is CC=C([CH-]CCC(C)=O)ON. The van der Waals surface area contributed by atoms with Gasteiger partial charge in [0.2, 0.25) is 0 Å². The second kappa shape index (κ2) is 5.80. The average molecular weight is 156 g/mol. The Hall–Kier alpha value is -0.960. The van der Waals surface area contributed by atoms with Crippen LogP contribution < -0.4 is 5.90 Å². The Labute approximate surface area is 67.2 Å². The van der Waals surface area contributed by atoms with Crippen molar-refractivity contribution in [2.75, 3.05) is 0 Å². The lowest BCUT2D eigenvalue weighted by Crippen LogP contribution is -2.00. The summed E-state index contributed by atoms with van der Waals surface area (Å²) in [6.45, 7) is 3.39. The van der Waals surface area contributed by atoms with Gasteiger partial charge in [-0.25, -0.2) is 0 Å². The summed E-state index contributed by atoms with van der Waals surface area (Å²) in [7, 11) is 0. The molecular formula is C8H14NO2-. The lowest BCUT2D eigenvalue weighted by molar-refractivity contribution is -0.116. The van der Waals surface area contributed by atoms with Gasteiger partial charge in [-0.2, -0.15) is 18.4 Å². The van der Waals surface area contributed by atoms with Crippen molar-refractivity contribution in [2.24, 2.45) is 5.90 Å². The average Bonchev–Trinajstić information content (AvgIpc) is 1.98. The molecule has 0 saturated carbocycles. The Bertz CT molecular complexity index is 152. The third kappa shape index (κ3) is 5.48. The highest BCUT2D eigenvalue weighted by atomic mass is 16.6. The third-order valence-electron chi connectivity index (χ3n) is 1.26. The molecule has 0 amide bonds. The fourth-order valence-corrected chi connectivity index (χ4v) is 0.652. The van der Waals surface area contributed by atoms with E-state index in [-0.39, 0.29) is 5.78 Å². The maximum Gasteiger partial charge on any atom is 0.128 e. The Morgan fingerprint density at radius 2 is 2.36 bits per heavy atom. The van der Waals surface area contributed by atoms with E-state index in [0.717, 1.165) is 0 Å². The van der Waals surface area contributed by atoms with Gasteiger partial charge in [0, 0.05) is 0 Å². The molecule has 0 fully saturated rings. The standard InChI is InChI=1S/C8H14NO2/c1-3-8(11-9)6-4-5-7(2)10/h3,6H,4-5,9H2,1-2H3/q-1. The van der Waals surface area contributed by atoms with Crippen LogP contribution in [0.1, 0.15) is 26.7 Å². The highest BCUT2D eigenvalue weighted by Crippen LogP contribution is 2.04. The monoisotopic (exact) mass is 156 g/mol. The number of ketones is 1. The van der Waals surface area contributed by atoms with Gasteiger partial charge in [-0.15, -0.1) is 6.92 Å². The molecule has 0 radical (unpaired) electrons. The summed E-state index contributed by atoms with van der Waals surface area (Å²) in [6.07, 6.45) is 4.77. The molecule has 3 nitrogen and oxygen atoms in total. The minimum atomic E-state index is 0.175. The van der Waals surface area contributed by atoms with Gasteiger partial charge < -0.3 is 9.63 Å². The third-order valence-corrected chi connectivity index (χ3v) is 1.26. The highest BCUT2D eigenvalue weighted by Gasteiger charge is 1.90. The van der Waals surface area contributed by atoms with Crippen molar-refractivity contribution in [1.29, 1.82) is 0 Å². The molecule has 11 heavy (non-hydrogen) atoms. The summed E-state index contributed by atoms with van der Waals surface area (Å²) < 4.78 is 0. The predicted octanol–water partition coefficient (Wildman–Crippen LogP) is 1.35. The van der Waals surface area contributed by atoms with E-state index in [1.165, 1.54) is 0 Å². The van der Waals surface area contributed by atoms with Crippen LogP contribution in [0.5, 0.6) is 0 Å². The molecule has 0 aliphatic heterocycles. The number of nitrogens with two attached hydrogens (primary N) is 1. The molecule has 0 aliphatic rings. The summed E-state index contributed by atoms with van der Waals surface area (Å²) in [5.74, 6) is 5.71. The van der Waals surface area contributed by atoms with E-state index >= 15 is 0 Å². The molecule has 0 rings (SSSR count).